The van der Waals surface area contributed by atoms with Gasteiger partial charge in [-0.1, -0.05) is 23.2 Å². The summed E-state index contributed by atoms with van der Waals surface area (Å²) in [6.07, 6.45) is 0. The summed E-state index contributed by atoms with van der Waals surface area (Å²) in [6.45, 7) is 7.18. The van der Waals surface area contributed by atoms with Crippen molar-refractivity contribution in [2.75, 3.05) is 0 Å². The lowest BCUT2D eigenvalue weighted by atomic mass is 10.1. The van der Waals surface area contributed by atoms with Gasteiger partial charge in [-0.25, -0.2) is 4.79 Å². The van der Waals surface area contributed by atoms with Gasteiger partial charge in [0.25, 0.3) is 0 Å². The third-order valence-corrected chi connectivity index (χ3v) is 2.84. The first-order valence-electron chi connectivity index (χ1n) is 4.90. The lowest BCUT2D eigenvalue weighted by Crippen LogP contribution is -2.24. The number of benzene rings is 1. The Kier molecular flexibility index (Phi) is 3.87. The molecule has 0 heterocycles. The molecule has 1 aromatic carbocycles. The van der Waals surface area contributed by atoms with E-state index >= 15 is 0 Å². The van der Waals surface area contributed by atoms with Crippen molar-refractivity contribution in [2.45, 2.75) is 33.3 Å². The minimum atomic E-state index is -0.534. The molecule has 0 unspecified atom stereocenters. The molecule has 0 bridgehead atoms. The molecule has 0 fully saturated rings. The Labute approximate surface area is 106 Å². The Hall–Kier alpha value is -0.730. The maximum atomic E-state index is 11.8. The Morgan fingerprint density at radius 2 is 1.81 bits per heavy atom. The summed E-state index contributed by atoms with van der Waals surface area (Å²) < 4.78 is 5.23. The maximum Gasteiger partial charge on any atom is 0.340 e. The van der Waals surface area contributed by atoms with E-state index in [1.54, 1.807) is 19.1 Å². The molecule has 0 aliphatic rings. The van der Waals surface area contributed by atoms with Gasteiger partial charge >= 0.3 is 5.97 Å². The molecule has 0 aliphatic carbocycles. The molecule has 4 heteroatoms. The topological polar surface area (TPSA) is 26.3 Å². The number of rotatable bonds is 1. The van der Waals surface area contributed by atoms with Gasteiger partial charge in [-0.15, -0.1) is 0 Å². The molecule has 16 heavy (non-hydrogen) atoms. The van der Waals surface area contributed by atoms with Gasteiger partial charge in [-0.2, -0.15) is 0 Å². The fourth-order valence-electron chi connectivity index (χ4n) is 1.15. The molecule has 88 valence electrons. The summed E-state index contributed by atoms with van der Waals surface area (Å²) in [7, 11) is 0. The second-order valence-corrected chi connectivity index (χ2v) is 5.32. The zero-order valence-corrected chi connectivity index (χ0v) is 11.2. The van der Waals surface area contributed by atoms with Crippen LogP contribution in [0.25, 0.3) is 0 Å². The molecule has 2 nitrogen and oxygen atoms in total. The van der Waals surface area contributed by atoms with Crippen molar-refractivity contribution >= 4 is 29.2 Å². The van der Waals surface area contributed by atoms with Gasteiger partial charge in [-0.05, 0) is 45.4 Å². The smallest absolute Gasteiger partial charge is 0.340 e. The first-order valence-corrected chi connectivity index (χ1v) is 5.66. The maximum absolute atomic E-state index is 11.8. The quantitative estimate of drug-likeness (QED) is 0.706. The summed E-state index contributed by atoms with van der Waals surface area (Å²) in [5.41, 5.74) is 0.499. The van der Waals surface area contributed by atoms with E-state index in [0.29, 0.717) is 21.2 Å². The number of ether oxygens (including phenoxy) is 1. The lowest BCUT2D eigenvalue weighted by Gasteiger charge is -2.20. The van der Waals surface area contributed by atoms with Crippen LogP contribution in [0.1, 0.15) is 36.7 Å². The van der Waals surface area contributed by atoms with Gasteiger partial charge in [0, 0.05) is 5.02 Å². The van der Waals surface area contributed by atoms with Crippen LogP contribution in [0.15, 0.2) is 12.1 Å². The molecule has 0 saturated carbocycles. The Bertz CT molecular complexity index is 420. The standard InChI is InChI=1S/C12H14Cl2O2/c1-7-9(13)6-5-8(10(7)14)11(15)16-12(2,3)4/h5-6H,1-4H3. The van der Waals surface area contributed by atoms with Crippen LogP contribution in [0.4, 0.5) is 0 Å². The molecule has 0 aliphatic heterocycles. The van der Waals surface area contributed by atoms with Crippen molar-refractivity contribution in [1.82, 2.24) is 0 Å². The van der Waals surface area contributed by atoms with Crippen LogP contribution >= 0.6 is 23.2 Å². The van der Waals surface area contributed by atoms with E-state index in [1.165, 1.54) is 0 Å². The van der Waals surface area contributed by atoms with Crippen molar-refractivity contribution < 1.29 is 9.53 Å². The van der Waals surface area contributed by atoms with Gasteiger partial charge < -0.3 is 4.74 Å². The summed E-state index contributed by atoms with van der Waals surface area (Å²) in [5.74, 6) is -0.433. The molecule has 0 N–H and O–H groups in total. The van der Waals surface area contributed by atoms with Crippen LogP contribution in [0.2, 0.25) is 10.0 Å². The Morgan fingerprint density at radius 3 is 2.31 bits per heavy atom. The number of carbonyl (C=O) groups is 1. The number of halogens is 2. The molecular formula is C12H14Cl2O2. The van der Waals surface area contributed by atoms with Gasteiger partial charge in [0.05, 0.1) is 10.6 Å². The van der Waals surface area contributed by atoms with Crippen LogP contribution in [0.3, 0.4) is 0 Å². The molecular weight excluding hydrogens is 247 g/mol. The third kappa shape index (κ3) is 3.13. The Balaban J connectivity index is 3.06. The molecule has 0 spiro atoms. The zero-order chi connectivity index (χ0) is 12.5. The van der Waals surface area contributed by atoms with Crippen molar-refractivity contribution in [3.63, 3.8) is 0 Å². The highest BCUT2D eigenvalue weighted by Gasteiger charge is 2.21. The van der Waals surface area contributed by atoms with E-state index in [0.717, 1.165) is 0 Å². The number of hydrogen-bond donors (Lipinski definition) is 0. The molecule has 0 radical (unpaired) electrons. The SMILES string of the molecule is Cc1c(Cl)ccc(C(=O)OC(C)(C)C)c1Cl. The second-order valence-electron chi connectivity index (χ2n) is 4.54. The largest absolute Gasteiger partial charge is 0.456 e. The van der Waals surface area contributed by atoms with E-state index in [1.807, 2.05) is 20.8 Å². The number of hydrogen-bond acceptors (Lipinski definition) is 2. The van der Waals surface area contributed by atoms with Gasteiger partial charge in [0.15, 0.2) is 0 Å². The monoisotopic (exact) mass is 260 g/mol. The van der Waals surface area contributed by atoms with E-state index < -0.39 is 11.6 Å². The summed E-state index contributed by atoms with van der Waals surface area (Å²) >= 11 is 11.9. The van der Waals surface area contributed by atoms with Crippen molar-refractivity contribution in [2.24, 2.45) is 0 Å². The molecule has 1 aromatic rings. The van der Waals surface area contributed by atoms with Crippen LogP contribution < -0.4 is 0 Å². The predicted octanol–water partition coefficient (Wildman–Crippen LogP) is 4.26. The first kappa shape index (κ1) is 13.3. The van der Waals surface area contributed by atoms with E-state index in [4.69, 9.17) is 27.9 Å². The van der Waals surface area contributed by atoms with E-state index in [-0.39, 0.29) is 0 Å². The average molecular weight is 261 g/mol. The van der Waals surface area contributed by atoms with Gasteiger partial charge in [0.1, 0.15) is 5.60 Å². The molecule has 0 aromatic heterocycles. The average Bonchev–Trinajstić information content (AvgIpc) is 2.11. The van der Waals surface area contributed by atoms with Crippen LogP contribution in [0, 0.1) is 6.92 Å². The molecule has 0 atom stereocenters. The van der Waals surface area contributed by atoms with Crippen LogP contribution in [-0.2, 0) is 4.74 Å². The number of esters is 1. The van der Waals surface area contributed by atoms with E-state index in [9.17, 15) is 4.79 Å². The van der Waals surface area contributed by atoms with Crippen LogP contribution in [0.5, 0.6) is 0 Å². The minimum Gasteiger partial charge on any atom is -0.456 e. The fourth-order valence-corrected chi connectivity index (χ4v) is 1.60. The van der Waals surface area contributed by atoms with Crippen molar-refractivity contribution in [1.29, 1.82) is 0 Å². The Morgan fingerprint density at radius 1 is 1.25 bits per heavy atom. The summed E-state index contributed by atoms with van der Waals surface area (Å²) in [4.78, 5) is 11.8. The predicted molar refractivity (Wildman–Crippen MR) is 66.4 cm³/mol. The normalized spacial score (nSPS) is 11.4. The fraction of sp³-hybridized carbons (Fsp3) is 0.417. The summed E-state index contributed by atoms with van der Waals surface area (Å²) in [5, 5.41) is 0.888. The highest BCUT2D eigenvalue weighted by Crippen LogP contribution is 2.28. The second kappa shape index (κ2) is 4.64. The van der Waals surface area contributed by atoms with Crippen molar-refractivity contribution in [3.8, 4) is 0 Å². The minimum absolute atomic E-state index is 0.346. The zero-order valence-electron chi connectivity index (χ0n) is 9.73. The third-order valence-electron chi connectivity index (χ3n) is 1.94. The molecule has 0 saturated heterocycles. The molecule has 1 rings (SSSR count). The summed E-state index contributed by atoms with van der Waals surface area (Å²) in [6, 6.07) is 3.22. The van der Waals surface area contributed by atoms with E-state index in [2.05, 4.69) is 0 Å². The van der Waals surface area contributed by atoms with Crippen LogP contribution in [-0.4, -0.2) is 11.6 Å². The van der Waals surface area contributed by atoms with Gasteiger partial charge in [-0.3, -0.25) is 0 Å². The highest BCUT2D eigenvalue weighted by molar-refractivity contribution is 6.37. The first-order chi connectivity index (χ1) is 7.22. The van der Waals surface area contributed by atoms with Gasteiger partial charge in [0.2, 0.25) is 0 Å². The lowest BCUT2D eigenvalue weighted by molar-refractivity contribution is 0.00697. The molecule has 0 amide bonds. The number of carbonyl (C=O) groups excluding carboxylic acids is 1. The highest BCUT2D eigenvalue weighted by atomic mass is 35.5. The van der Waals surface area contributed by atoms with Crippen molar-refractivity contribution in [3.05, 3.63) is 33.3 Å².